The van der Waals surface area contributed by atoms with Crippen molar-refractivity contribution < 1.29 is 4.92 Å². The number of nitrogens with zero attached hydrogens (tertiary/aromatic N) is 1. The fraction of sp³-hybridized carbons (Fsp3) is 0.500. The first-order chi connectivity index (χ1) is 7.17. The van der Waals surface area contributed by atoms with E-state index in [9.17, 15) is 10.1 Å². The fourth-order valence-electron chi connectivity index (χ4n) is 1.66. The third-order valence-corrected chi connectivity index (χ3v) is 2.83. The summed E-state index contributed by atoms with van der Waals surface area (Å²) in [7, 11) is 0. The van der Waals surface area contributed by atoms with Crippen molar-refractivity contribution in [2.45, 2.75) is 33.1 Å². The van der Waals surface area contributed by atoms with Crippen LogP contribution in [-0.2, 0) is 6.42 Å². The van der Waals surface area contributed by atoms with Crippen LogP contribution in [0.15, 0.2) is 24.3 Å². The van der Waals surface area contributed by atoms with E-state index in [0.717, 1.165) is 19.3 Å². The van der Waals surface area contributed by atoms with Crippen LogP contribution in [0.3, 0.4) is 0 Å². The van der Waals surface area contributed by atoms with Crippen LogP contribution in [0, 0.1) is 16.0 Å². The maximum absolute atomic E-state index is 10.5. The Morgan fingerprint density at radius 3 is 2.13 bits per heavy atom. The lowest BCUT2D eigenvalue weighted by molar-refractivity contribution is -0.384. The van der Waals surface area contributed by atoms with E-state index in [4.69, 9.17) is 0 Å². The number of hydrogen-bond acceptors (Lipinski definition) is 2. The Morgan fingerprint density at radius 2 is 1.73 bits per heavy atom. The highest BCUT2D eigenvalue weighted by atomic mass is 16.6. The SMILES string of the molecule is CCC(CC)Cc1ccc([N+](=O)[O-])cc1. The predicted octanol–water partition coefficient (Wildman–Crippen LogP) is 3.57. The molecule has 1 rings (SSSR count). The molecular weight excluding hydrogens is 190 g/mol. The Kier molecular flexibility index (Phi) is 4.28. The lowest BCUT2D eigenvalue weighted by Crippen LogP contribution is -2.01. The number of benzene rings is 1. The molecule has 0 radical (unpaired) electrons. The van der Waals surface area contributed by atoms with Gasteiger partial charge in [0.25, 0.3) is 5.69 Å². The van der Waals surface area contributed by atoms with Gasteiger partial charge in [-0.15, -0.1) is 0 Å². The fourth-order valence-corrected chi connectivity index (χ4v) is 1.66. The first-order valence-corrected chi connectivity index (χ1v) is 5.40. The highest BCUT2D eigenvalue weighted by Crippen LogP contribution is 2.18. The van der Waals surface area contributed by atoms with Crippen molar-refractivity contribution in [1.82, 2.24) is 0 Å². The molecule has 3 nitrogen and oxygen atoms in total. The number of hydrogen-bond donors (Lipinski definition) is 0. The topological polar surface area (TPSA) is 43.1 Å². The van der Waals surface area contributed by atoms with Crippen LogP contribution in [0.5, 0.6) is 0 Å². The van der Waals surface area contributed by atoms with E-state index in [1.807, 2.05) is 12.1 Å². The van der Waals surface area contributed by atoms with Gasteiger partial charge in [0, 0.05) is 12.1 Å². The van der Waals surface area contributed by atoms with Gasteiger partial charge in [-0.2, -0.15) is 0 Å². The van der Waals surface area contributed by atoms with Crippen LogP contribution in [0.1, 0.15) is 32.3 Å². The Morgan fingerprint density at radius 1 is 1.20 bits per heavy atom. The van der Waals surface area contributed by atoms with Crippen molar-refractivity contribution >= 4 is 5.69 Å². The summed E-state index contributed by atoms with van der Waals surface area (Å²) >= 11 is 0. The minimum Gasteiger partial charge on any atom is -0.258 e. The Labute approximate surface area is 90.3 Å². The van der Waals surface area contributed by atoms with Crippen molar-refractivity contribution in [3.8, 4) is 0 Å². The molecule has 0 saturated heterocycles. The van der Waals surface area contributed by atoms with E-state index >= 15 is 0 Å². The van der Waals surface area contributed by atoms with Gasteiger partial charge in [-0.25, -0.2) is 0 Å². The lowest BCUT2D eigenvalue weighted by atomic mass is 9.95. The number of nitro benzene ring substituents is 1. The Balaban J connectivity index is 2.67. The van der Waals surface area contributed by atoms with E-state index in [1.165, 1.54) is 5.56 Å². The molecule has 3 heteroatoms. The van der Waals surface area contributed by atoms with Gasteiger partial charge in [-0.05, 0) is 17.9 Å². The zero-order valence-electron chi connectivity index (χ0n) is 9.27. The summed E-state index contributed by atoms with van der Waals surface area (Å²) in [5.74, 6) is 0.687. The van der Waals surface area contributed by atoms with Crippen LogP contribution >= 0.6 is 0 Å². The summed E-state index contributed by atoms with van der Waals surface area (Å²) in [6, 6.07) is 6.88. The van der Waals surface area contributed by atoms with Gasteiger partial charge < -0.3 is 0 Å². The monoisotopic (exact) mass is 207 g/mol. The van der Waals surface area contributed by atoms with Gasteiger partial charge in [0.1, 0.15) is 0 Å². The molecule has 0 heterocycles. The molecule has 15 heavy (non-hydrogen) atoms. The van der Waals surface area contributed by atoms with Crippen molar-refractivity contribution in [3.05, 3.63) is 39.9 Å². The van der Waals surface area contributed by atoms with Gasteiger partial charge in [0.05, 0.1) is 4.92 Å². The summed E-state index contributed by atoms with van der Waals surface area (Å²) in [6.07, 6.45) is 3.34. The predicted molar refractivity (Wildman–Crippen MR) is 60.9 cm³/mol. The standard InChI is InChI=1S/C12H17NO2/c1-3-10(4-2)9-11-5-7-12(8-6-11)13(14)15/h5-8,10H,3-4,9H2,1-2H3. The highest BCUT2D eigenvalue weighted by Gasteiger charge is 2.07. The second-order valence-corrected chi connectivity index (χ2v) is 3.81. The summed E-state index contributed by atoms with van der Waals surface area (Å²) < 4.78 is 0. The first kappa shape index (κ1) is 11.7. The molecule has 0 aliphatic rings. The lowest BCUT2D eigenvalue weighted by Gasteiger charge is -2.11. The summed E-state index contributed by atoms with van der Waals surface area (Å²) in [5.41, 5.74) is 1.36. The second-order valence-electron chi connectivity index (χ2n) is 3.81. The third kappa shape index (κ3) is 3.35. The molecule has 0 amide bonds. The van der Waals surface area contributed by atoms with Gasteiger partial charge in [0.2, 0.25) is 0 Å². The Bertz CT molecular complexity index is 315. The molecule has 0 bridgehead atoms. The second kappa shape index (κ2) is 5.49. The van der Waals surface area contributed by atoms with Gasteiger partial charge in [-0.1, -0.05) is 38.8 Å². The molecular formula is C12H17NO2. The van der Waals surface area contributed by atoms with Gasteiger partial charge in [0.15, 0.2) is 0 Å². The maximum atomic E-state index is 10.5. The van der Waals surface area contributed by atoms with E-state index in [-0.39, 0.29) is 10.6 Å². The smallest absolute Gasteiger partial charge is 0.258 e. The number of nitro groups is 1. The van der Waals surface area contributed by atoms with Crippen molar-refractivity contribution in [3.63, 3.8) is 0 Å². The quantitative estimate of drug-likeness (QED) is 0.547. The van der Waals surface area contributed by atoms with Crippen LogP contribution in [0.4, 0.5) is 5.69 Å². The molecule has 0 aliphatic carbocycles. The first-order valence-electron chi connectivity index (χ1n) is 5.40. The molecule has 1 aromatic rings. The van der Waals surface area contributed by atoms with Crippen molar-refractivity contribution in [1.29, 1.82) is 0 Å². The summed E-state index contributed by atoms with van der Waals surface area (Å²) in [4.78, 5) is 10.1. The minimum atomic E-state index is -0.360. The minimum absolute atomic E-state index is 0.170. The van der Waals surface area contributed by atoms with E-state index in [2.05, 4.69) is 13.8 Å². The van der Waals surface area contributed by atoms with Crippen LogP contribution in [0.2, 0.25) is 0 Å². The van der Waals surface area contributed by atoms with E-state index < -0.39 is 0 Å². The Hall–Kier alpha value is -1.38. The summed E-state index contributed by atoms with van der Waals surface area (Å²) in [5, 5.41) is 10.5. The molecule has 0 atom stereocenters. The largest absolute Gasteiger partial charge is 0.269 e. The number of rotatable bonds is 5. The molecule has 82 valence electrons. The summed E-state index contributed by atoms with van der Waals surface area (Å²) in [6.45, 7) is 4.36. The molecule has 0 spiro atoms. The van der Waals surface area contributed by atoms with Crippen molar-refractivity contribution in [2.24, 2.45) is 5.92 Å². The third-order valence-electron chi connectivity index (χ3n) is 2.83. The van der Waals surface area contributed by atoms with Crippen LogP contribution in [-0.4, -0.2) is 4.92 Å². The maximum Gasteiger partial charge on any atom is 0.269 e. The molecule has 0 aliphatic heterocycles. The molecule has 0 fully saturated rings. The van der Waals surface area contributed by atoms with Gasteiger partial charge in [-0.3, -0.25) is 10.1 Å². The zero-order chi connectivity index (χ0) is 11.3. The van der Waals surface area contributed by atoms with Crippen LogP contribution in [0.25, 0.3) is 0 Å². The number of non-ortho nitro benzene ring substituents is 1. The van der Waals surface area contributed by atoms with Crippen LogP contribution < -0.4 is 0 Å². The van der Waals surface area contributed by atoms with E-state index in [0.29, 0.717) is 5.92 Å². The average molecular weight is 207 g/mol. The van der Waals surface area contributed by atoms with E-state index in [1.54, 1.807) is 12.1 Å². The average Bonchev–Trinajstić information content (AvgIpc) is 2.26. The molecule has 1 aromatic carbocycles. The van der Waals surface area contributed by atoms with Gasteiger partial charge >= 0.3 is 0 Å². The molecule has 0 N–H and O–H groups in total. The molecule has 0 saturated carbocycles. The molecule has 0 aromatic heterocycles. The highest BCUT2D eigenvalue weighted by molar-refractivity contribution is 5.32. The zero-order valence-corrected chi connectivity index (χ0v) is 9.27. The molecule has 0 unspecified atom stereocenters. The normalized spacial score (nSPS) is 10.6. The van der Waals surface area contributed by atoms with Crippen molar-refractivity contribution in [2.75, 3.05) is 0 Å².